The van der Waals surface area contributed by atoms with Crippen molar-refractivity contribution in [3.8, 4) is 0 Å². The Bertz CT molecular complexity index is 887. The predicted octanol–water partition coefficient (Wildman–Crippen LogP) is 3.14. The van der Waals surface area contributed by atoms with Gasteiger partial charge in [0.05, 0.1) is 6.42 Å². The van der Waals surface area contributed by atoms with Gasteiger partial charge in [-0.15, -0.1) is 0 Å². The van der Waals surface area contributed by atoms with Crippen molar-refractivity contribution in [2.45, 2.75) is 19.3 Å². The molecule has 0 spiro atoms. The number of fused-ring (bicyclic) bond motifs is 1. The number of nitrogens with one attached hydrogen (secondary N) is 3. The lowest BCUT2D eigenvalue weighted by molar-refractivity contribution is -0.128. The number of amides is 2. The van der Waals surface area contributed by atoms with E-state index in [1.807, 2.05) is 42.6 Å². The summed E-state index contributed by atoms with van der Waals surface area (Å²) in [6.07, 6.45) is 2.88. The Labute approximate surface area is 150 Å². The molecule has 0 aliphatic rings. The summed E-state index contributed by atoms with van der Waals surface area (Å²) in [6.45, 7) is 0. The van der Waals surface area contributed by atoms with Gasteiger partial charge in [0.25, 0.3) is 0 Å². The second-order valence-electron chi connectivity index (χ2n) is 5.76. The van der Waals surface area contributed by atoms with Gasteiger partial charge in [-0.1, -0.05) is 41.9 Å². The number of para-hydroxylation sites is 1. The molecule has 0 saturated carbocycles. The molecule has 3 N–H and O–H groups in total. The lowest BCUT2D eigenvalue weighted by Gasteiger charge is -2.07. The van der Waals surface area contributed by atoms with Gasteiger partial charge in [0.1, 0.15) is 0 Å². The van der Waals surface area contributed by atoms with Crippen LogP contribution in [0.2, 0.25) is 5.02 Å². The smallest absolute Gasteiger partial charge is 0.242 e. The van der Waals surface area contributed by atoms with Crippen molar-refractivity contribution in [1.82, 2.24) is 15.8 Å². The summed E-state index contributed by atoms with van der Waals surface area (Å²) in [5.74, 6) is -0.494. The quantitative estimate of drug-likeness (QED) is 0.615. The molecule has 0 saturated heterocycles. The molecular formula is C19H18ClN3O2. The SMILES string of the molecule is O=C(CCc1ccc(Cl)cc1)NNC(=O)Cc1c[nH]c2ccccc12. The number of halogens is 1. The van der Waals surface area contributed by atoms with Crippen molar-refractivity contribution in [1.29, 1.82) is 0 Å². The van der Waals surface area contributed by atoms with Crippen LogP contribution >= 0.6 is 11.6 Å². The van der Waals surface area contributed by atoms with Gasteiger partial charge in [-0.2, -0.15) is 0 Å². The van der Waals surface area contributed by atoms with Crippen molar-refractivity contribution in [2.24, 2.45) is 0 Å². The Balaban J connectivity index is 1.45. The molecule has 0 radical (unpaired) electrons. The third kappa shape index (κ3) is 4.61. The highest BCUT2D eigenvalue weighted by molar-refractivity contribution is 6.30. The molecule has 0 aliphatic heterocycles. The largest absolute Gasteiger partial charge is 0.361 e. The van der Waals surface area contributed by atoms with Crippen molar-refractivity contribution >= 4 is 34.3 Å². The molecule has 0 unspecified atom stereocenters. The average molecular weight is 356 g/mol. The van der Waals surface area contributed by atoms with E-state index in [-0.39, 0.29) is 24.7 Å². The Hall–Kier alpha value is -2.79. The Morgan fingerprint density at radius 1 is 0.960 bits per heavy atom. The second kappa shape index (κ2) is 7.85. The summed E-state index contributed by atoms with van der Waals surface area (Å²) in [4.78, 5) is 27.0. The molecule has 0 fully saturated rings. The molecule has 2 amide bonds. The zero-order valence-corrected chi connectivity index (χ0v) is 14.3. The minimum atomic E-state index is -0.260. The van der Waals surface area contributed by atoms with E-state index in [4.69, 9.17) is 11.6 Å². The van der Waals surface area contributed by atoms with Crippen LogP contribution in [-0.4, -0.2) is 16.8 Å². The van der Waals surface area contributed by atoms with Crippen LogP contribution in [0.3, 0.4) is 0 Å². The number of carbonyl (C=O) groups is 2. The molecule has 0 aliphatic carbocycles. The zero-order chi connectivity index (χ0) is 17.6. The van der Waals surface area contributed by atoms with Crippen molar-refractivity contribution in [3.05, 3.63) is 70.9 Å². The number of carbonyl (C=O) groups excluding carboxylic acids is 2. The molecule has 0 atom stereocenters. The summed E-state index contributed by atoms with van der Waals surface area (Å²) >= 11 is 5.82. The molecule has 128 valence electrons. The fourth-order valence-corrected chi connectivity index (χ4v) is 2.73. The fourth-order valence-electron chi connectivity index (χ4n) is 2.61. The van der Waals surface area contributed by atoms with Crippen LogP contribution in [0, 0.1) is 0 Å². The van der Waals surface area contributed by atoms with Gasteiger partial charge in [0.15, 0.2) is 0 Å². The summed E-state index contributed by atoms with van der Waals surface area (Å²) in [7, 11) is 0. The number of aryl methyl sites for hydroxylation is 1. The number of aromatic amines is 1. The van der Waals surface area contributed by atoms with E-state index in [0.717, 1.165) is 22.0 Å². The van der Waals surface area contributed by atoms with E-state index in [1.54, 1.807) is 12.1 Å². The van der Waals surface area contributed by atoms with Gasteiger partial charge in [-0.25, -0.2) is 0 Å². The van der Waals surface area contributed by atoms with Gasteiger partial charge in [0, 0.05) is 28.5 Å². The van der Waals surface area contributed by atoms with Gasteiger partial charge in [-0.05, 0) is 35.7 Å². The van der Waals surface area contributed by atoms with E-state index in [0.29, 0.717) is 11.4 Å². The lowest BCUT2D eigenvalue weighted by Crippen LogP contribution is -2.42. The summed E-state index contributed by atoms with van der Waals surface area (Å²) in [5, 5.41) is 1.67. The maximum atomic E-state index is 12.0. The zero-order valence-electron chi connectivity index (χ0n) is 13.5. The molecule has 3 rings (SSSR count). The topological polar surface area (TPSA) is 74.0 Å². The van der Waals surface area contributed by atoms with E-state index < -0.39 is 0 Å². The minimum Gasteiger partial charge on any atom is -0.361 e. The summed E-state index contributed by atoms with van der Waals surface area (Å²) in [5.41, 5.74) is 7.80. The minimum absolute atomic E-state index is 0.196. The number of benzene rings is 2. The highest BCUT2D eigenvalue weighted by Crippen LogP contribution is 2.17. The molecule has 3 aromatic rings. The van der Waals surface area contributed by atoms with Crippen LogP contribution in [0.4, 0.5) is 0 Å². The Kier molecular flexibility index (Phi) is 5.36. The maximum absolute atomic E-state index is 12.0. The van der Waals surface area contributed by atoms with Gasteiger partial charge >= 0.3 is 0 Å². The molecule has 1 aromatic heterocycles. The van der Waals surface area contributed by atoms with Crippen LogP contribution in [-0.2, 0) is 22.4 Å². The first-order valence-corrected chi connectivity index (χ1v) is 8.37. The predicted molar refractivity (Wildman–Crippen MR) is 98.1 cm³/mol. The number of hydrazine groups is 1. The lowest BCUT2D eigenvalue weighted by atomic mass is 10.1. The molecule has 6 heteroatoms. The van der Waals surface area contributed by atoms with Crippen molar-refractivity contribution < 1.29 is 9.59 Å². The highest BCUT2D eigenvalue weighted by Gasteiger charge is 2.09. The van der Waals surface area contributed by atoms with E-state index in [9.17, 15) is 9.59 Å². The standard InChI is InChI=1S/C19H18ClN3O2/c20-15-8-5-13(6-9-15)7-10-18(24)22-23-19(25)11-14-12-21-17-4-2-1-3-16(14)17/h1-6,8-9,12,21H,7,10-11H2,(H,22,24)(H,23,25). The van der Waals surface area contributed by atoms with Gasteiger partial charge in [0.2, 0.25) is 11.8 Å². The molecule has 25 heavy (non-hydrogen) atoms. The van der Waals surface area contributed by atoms with Gasteiger partial charge < -0.3 is 4.98 Å². The van der Waals surface area contributed by atoms with E-state index in [1.165, 1.54) is 0 Å². The molecule has 0 bridgehead atoms. The average Bonchev–Trinajstić information content (AvgIpc) is 3.02. The van der Waals surface area contributed by atoms with E-state index in [2.05, 4.69) is 15.8 Å². The van der Waals surface area contributed by atoms with E-state index >= 15 is 0 Å². The summed E-state index contributed by atoms with van der Waals surface area (Å²) < 4.78 is 0. The first-order chi connectivity index (χ1) is 12.1. The number of rotatable bonds is 5. The highest BCUT2D eigenvalue weighted by atomic mass is 35.5. The third-order valence-corrected chi connectivity index (χ3v) is 4.17. The molecule has 1 heterocycles. The maximum Gasteiger partial charge on any atom is 0.242 e. The number of aromatic nitrogens is 1. The number of hydrogen-bond donors (Lipinski definition) is 3. The van der Waals surface area contributed by atoms with Crippen LogP contribution in [0.1, 0.15) is 17.5 Å². The second-order valence-corrected chi connectivity index (χ2v) is 6.20. The fraction of sp³-hybridized carbons (Fsp3) is 0.158. The van der Waals surface area contributed by atoms with Crippen LogP contribution < -0.4 is 10.9 Å². The molecule has 2 aromatic carbocycles. The summed E-state index contributed by atoms with van der Waals surface area (Å²) in [6, 6.07) is 15.1. The monoisotopic (exact) mass is 355 g/mol. The van der Waals surface area contributed by atoms with Gasteiger partial charge in [-0.3, -0.25) is 20.4 Å². The van der Waals surface area contributed by atoms with Crippen molar-refractivity contribution in [3.63, 3.8) is 0 Å². The molecular weight excluding hydrogens is 338 g/mol. The Morgan fingerprint density at radius 3 is 2.48 bits per heavy atom. The Morgan fingerprint density at radius 2 is 1.68 bits per heavy atom. The van der Waals surface area contributed by atoms with Crippen molar-refractivity contribution in [2.75, 3.05) is 0 Å². The molecule has 5 nitrogen and oxygen atoms in total. The first-order valence-electron chi connectivity index (χ1n) is 7.99. The van der Waals surface area contributed by atoms with Crippen LogP contribution in [0.5, 0.6) is 0 Å². The van der Waals surface area contributed by atoms with Crippen LogP contribution in [0.25, 0.3) is 10.9 Å². The third-order valence-electron chi connectivity index (χ3n) is 3.92. The number of hydrogen-bond acceptors (Lipinski definition) is 2. The van der Waals surface area contributed by atoms with Crippen LogP contribution in [0.15, 0.2) is 54.7 Å². The number of H-pyrrole nitrogens is 1. The first kappa shape index (κ1) is 17.0. The normalized spacial score (nSPS) is 10.6.